The van der Waals surface area contributed by atoms with Crippen molar-refractivity contribution < 1.29 is 24.2 Å². The number of nitrogens with zero attached hydrogens (tertiary/aromatic N) is 1. The van der Waals surface area contributed by atoms with Crippen molar-refractivity contribution in [2.45, 2.75) is 23.6 Å². The monoisotopic (exact) mass is 670 g/mol. The van der Waals surface area contributed by atoms with Gasteiger partial charge in [-0.25, -0.2) is 9.59 Å². The summed E-state index contributed by atoms with van der Waals surface area (Å²) in [6, 6.07) is 45.0. The van der Waals surface area contributed by atoms with Crippen LogP contribution in [0.2, 0.25) is 0 Å². The second-order valence-corrected chi connectivity index (χ2v) is 13.0. The summed E-state index contributed by atoms with van der Waals surface area (Å²) in [6.07, 6.45) is -0.733. The largest absolute Gasteiger partial charge is 0.480 e. The first-order valence-corrected chi connectivity index (χ1v) is 17.3. The number of nitrogens with one attached hydrogen (secondary N) is 1. The van der Waals surface area contributed by atoms with Gasteiger partial charge in [0, 0.05) is 18.2 Å². The predicted octanol–water partition coefficient (Wildman–Crippen LogP) is 7.55. The van der Waals surface area contributed by atoms with Crippen molar-refractivity contribution in [2.75, 3.05) is 25.4 Å². The number of alkyl carbamates (subject to hydrolysis) is 1. The van der Waals surface area contributed by atoms with E-state index in [0.29, 0.717) is 0 Å². The van der Waals surface area contributed by atoms with E-state index in [1.807, 2.05) is 127 Å². The first kappa shape index (κ1) is 33.6. The second kappa shape index (κ2) is 15.3. The van der Waals surface area contributed by atoms with Crippen LogP contribution in [0.25, 0.3) is 11.1 Å². The topological polar surface area (TPSA) is 95.9 Å². The van der Waals surface area contributed by atoms with E-state index in [0.717, 1.165) is 38.9 Å². The third-order valence-corrected chi connectivity index (χ3v) is 10.7. The van der Waals surface area contributed by atoms with Gasteiger partial charge < -0.3 is 20.1 Å². The van der Waals surface area contributed by atoms with E-state index in [-0.39, 0.29) is 31.4 Å². The quantitative estimate of drug-likeness (QED) is 0.126. The molecule has 0 fully saturated rings. The van der Waals surface area contributed by atoms with Crippen LogP contribution in [0, 0.1) is 0 Å². The number of carbonyl (C=O) groups is 3. The number of aliphatic carboxylic acids is 1. The molecule has 0 aliphatic heterocycles. The molecule has 0 heterocycles. The molecule has 2 amide bonds. The summed E-state index contributed by atoms with van der Waals surface area (Å²) >= 11 is 1.47. The molecule has 5 aromatic rings. The lowest BCUT2D eigenvalue weighted by atomic mass is 9.84. The Morgan fingerprint density at radius 2 is 1.18 bits per heavy atom. The third-order valence-electron chi connectivity index (χ3n) is 9.05. The highest BCUT2D eigenvalue weighted by Crippen LogP contribution is 2.49. The van der Waals surface area contributed by atoms with E-state index < -0.39 is 28.8 Å². The Kier molecular flexibility index (Phi) is 10.4. The van der Waals surface area contributed by atoms with Crippen LogP contribution >= 0.6 is 11.8 Å². The lowest BCUT2D eigenvalue weighted by molar-refractivity contribution is -0.148. The molecule has 0 radical (unpaired) electrons. The van der Waals surface area contributed by atoms with Gasteiger partial charge in [-0.3, -0.25) is 4.79 Å². The van der Waals surface area contributed by atoms with Gasteiger partial charge in [0.25, 0.3) is 0 Å². The smallest absolute Gasteiger partial charge is 0.407 e. The molecule has 1 aliphatic carbocycles. The molecule has 49 heavy (non-hydrogen) atoms. The van der Waals surface area contributed by atoms with Gasteiger partial charge in [-0.05, 0) is 45.9 Å². The van der Waals surface area contributed by atoms with Crippen LogP contribution in [0.15, 0.2) is 140 Å². The molecule has 6 rings (SSSR count). The second-order valence-electron chi connectivity index (χ2n) is 11.8. The van der Waals surface area contributed by atoms with Gasteiger partial charge in [0.05, 0.1) is 4.75 Å². The van der Waals surface area contributed by atoms with E-state index in [2.05, 4.69) is 17.4 Å². The fraction of sp³-hybridized carbons (Fsp3) is 0.195. The molecule has 8 heteroatoms. The van der Waals surface area contributed by atoms with Crippen molar-refractivity contribution in [2.24, 2.45) is 0 Å². The van der Waals surface area contributed by atoms with Gasteiger partial charge in [0.1, 0.15) is 19.2 Å². The Morgan fingerprint density at radius 1 is 0.735 bits per heavy atom. The lowest BCUT2D eigenvalue weighted by Gasteiger charge is -2.37. The van der Waals surface area contributed by atoms with Crippen molar-refractivity contribution in [3.05, 3.63) is 167 Å². The third kappa shape index (κ3) is 6.96. The van der Waals surface area contributed by atoms with E-state index in [1.54, 1.807) is 6.92 Å². The number of likely N-dealkylation sites (N-methyl/N-ethyl adjacent to an activating group) is 1. The van der Waals surface area contributed by atoms with Crippen LogP contribution in [0.1, 0.15) is 40.7 Å². The van der Waals surface area contributed by atoms with Gasteiger partial charge in [0.2, 0.25) is 5.91 Å². The zero-order chi connectivity index (χ0) is 34.2. The van der Waals surface area contributed by atoms with Crippen LogP contribution in [-0.2, 0) is 19.1 Å². The summed E-state index contributed by atoms with van der Waals surface area (Å²) in [4.78, 5) is 40.5. The van der Waals surface area contributed by atoms with Gasteiger partial charge in [-0.15, -0.1) is 11.8 Å². The van der Waals surface area contributed by atoms with Crippen LogP contribution in [0.5, 0.6) is 0 Å². The Bertz CT molecular complexity index is 1760. The molecular formula is C41H38N2O5S. The van der Waals surface area contributed by atoms with E-state index in [4.69, 9.17) is 4.74 Å². The number of rotatable bonds is 13. The number of hydrogen-bond acceptors (Lipinski definition) is 5. The van der Waals surface area contributed by atoms with E-state index in [1.165, 1.54) is 16.7 Å². The van der Waals surface area contributed by atoms with Gasteiger partial charge in [-0.2, -0.15) is 0 Å². The maximum absolute atomic E-state index is 13.5. The molecule has 248 valence electrons. The Labute approximate surface area is 290 Å². The van der Waals surface area contributed by atoms with Crippen LogP contribution in [0.4, 0.5) is 4.79 Å². The number of carbonyl (C=O) groups excluding carboxylic acids is 2. The van der Waals surface area contributed by atoms with Crippen molar-refractivity contribution in [1.82, 2.24) is 10.2 Å². The molecule has 0 saturated carbocycles. The summed E-state index contributed by atoms with van der Waals surface area (Å²) in [5, 5.41) is 13.0. The fourth-order valence-corrected chi connectivity index (χ4v) is 8.38. The number of hydrogen-bond donors (Lipinski definition) is 2. The maximum atomic E-state index is 13.5. The van der Waals surface area contributed by atoms with Crippen LogP contribution < -0.4 is 5.32 Å². The molecule has 0 unspecified atom stereocenters. The van der Waals surface area contributed by atoms with Crippen molar-refractivity contribution >= 4 is 29.7 Å². The molecule has 0 bridgehead atoms. The minimum Gasteiger partial charge on any atom is -0.480 e. The highest BCUT2D eigenvalue weighted by Gasteiger charge is 2.40. The minimum atomic E-state index is -1.15. The summed E-state index contributed by atoms with van der Waals surface area (Å²) in [7, 11) is 0. The summed E-state index contributed by atoms with van der Waals surface area (Å²) < 4.78 is 4.86. The molecule has 7 nitrogen and oxygen atoms in total. The molecule has 0 aromatic heterocycles. The van der Waals surface area contributed by atoms with Gasteiger partial charge >= 0.3 is 12.1 Å². The number of benzene rings is 5. The average molecular weight is 671 g/mol. The standard InChI is InChI=1S/C41H38N2O5S/c1-2-43(38(44)26-42-40(47)48-27-36-34-24-14-12-22-32(34)33-23-13-15-25-35(33)36)37(39(45)46)28-49-41(29-16-6-3-7-17-29,30-18-8-4-9-19-30)31-20-10-5-11-21-31/h3-25,36-37H,2,26-28H2,1H3,(H,42,47)(H,45,46)/t37-/m0/s1. The Balaban J connectivity index is 1.16. The summed E-state index contributed by atoms with van der Waals surface area (Å²) in [5.74, 6) is -1.65. The minimum absolute atomic E-state index is 0.0958. The first-order valence-electron chi connectivity index (χ1n) is 16.4. The molecule has 5 aromatic carbocycles. The van der Waals surface area contributed by atoms with Crippen molar-refractivity contribution in [3.63, 3.8) is 0 Å². The molecule has 1 atom stereocenters. The molecule has 2 N–H and O–H groups in total. The zero-order valence-corrected chi connectivity index (χ0v) is 28.0. The normalized spacial score (nSPS) is 12.8. The first-order chi connectivity index (χ1) is 23.9. The van der Waals surface area contributed by atoms with Crippen LogP contribution in [-0.4, -0.2) is 59.5 Å². The predicted molar refractivity (Wildman–Crippen MR) is 194 cm³/mol. The highest BCUT2D eigenvalue weighted by molar-refractivity contribution is 8.00. The van der Waals surface area contributed by atoms with Crippen molar-refractivity contribution in [3.8, 4) is 11.1 Å². The van der Waals surface area contributed by atoms with E-state index in [9.17, 15) is 19.5 Å². The van der Waals surface area contributed by atoms with E-state index >= 15 is 0 Å². The number of carboxylic acids is 1. The SMILES string of the molecule is CCN(C(=O)CNC(=O)OCC1c2ccccc2-c2ccccc21)[C@@H](CSC(c1ccccc1)(c1ccccc1)c1ccccc1)C(=O)O. The number of amides is 2. The maximum Gasteiger partial charge on any atom is 0.407 e. The molecule has 0 spiro atoms. The van der Waals surface area contributed by atoms with Crippen LogP contribution in [0.3, 0.4) is 0 Å². The number of thioether (sulfide) groups is 1. The van der Waals surface area contributed by atoms with Gasteiger partial charge in [0.15, 0.2) is 0 Å². The highest BCUT2D eigenvalue weighted by atomic mass is 32.2. The van der Waals surface area contributed by atoms with Gasteiger partial charge in [-0.1, -0.05) is 140 Å². The fourth-order valence-electron chi connectivity index (χ4n) is 6.74. The Morgan fingerprint density at radius 3 is 1.63 bits per heavy atom. The summed E-state index contributed by atoms with van der Waals surface area (Å²) in [5.41, 5.74) is 7.39. The summed E-state index contributed by atoms with van der Waals surface area (Å²) in [6.45, 7) is 1.61. The number of fused-ring (bicyclic) bond motifs is 3. The average Bonchev–Trinajstić information content (AvgIpc) is 3.47. The zero-order valence-electron chi connectivity index (χ0n) is 27.2. The van der Waals surface area contributed by atoms with Crippen molar-refractivity contribution in [1.29, 1.82) is 0 Å². The molecule has 1 aliphatic rings. The number of ether oxygens (including phenoxy) is 1. The Hall–Kier alpha value is -5.34. The molecular weight excluding hydrogens is 633 g/mol. The lowest BCUT2D eigenvalue weighted by Crippen LogP contribution is -2.50. The molecule has 0 saturated heterocycles. The number of carboxylic acid groups (broad SMARTS) is 1.